The van der Waals surface area contributed by atoms with E-state index in [1.54, 1.807) is 0 Å². The Morgan fingerprint density at radius 2 is 1.95 bits per heavy atom. The smallest absolute Gasteiger partial charge is 0.128 e. The standard InChI is InChI=1S/C16H24N4O/c1-2-16(20-7-9-21-10-8-20)17-11-14(1)18-15-4-6-19-5-3-13(15)12-19/h1-2,11,13,15,18H,3-10,12H2. The van der Waals surface area contributed by atoms with Crippen molar-refractivity contribution >= 4 is 11.5 Å². The second-order valence-electron chi connectivity index (χ2n) is 6.39. The first-order valence-corrected chi connectivity index (χ1v) is 8.16. The highest BCUT2D eigenvalue weighted by Gasteiger charge is 2.34. The molecule has 0 aromatic carbocycles. The molecule has 5 nitrogen and oxygen atoms in total. The first-order valence-electron chi connectivity index (χ1n) is 8.16. The molecule has 1 aromatic heterocycles. The first-order chi connectivity index (χ1) is 10.4. The maximum atomic E-state index is 5.39. The summed E-state index contributed by atoms with van der Waals surface area (Å²) in [6, 6.07) is 4.94. The number of aromatic nitrogens is 1. The highest BCUT2D eigenvalue weighted by molar-refractivity contribution is 5.49. The van der Waals surface area contributed by atoms with Gasteiger partial charge in [-0.1, -0.05) is 0 Å². The van der Waals surface area contributed by atoms with Gasteiger partial charge >= 0.3 is 0 Å². The lowest BCUT2D eigenvalue weighted by atomic mass is 9.94. The van der Waals surface area contributed by atoms with Crippen molar-refractivity contribution in [3.05, 3.63) is 18.3 Å². The maximum Gasteiger partial charge on any atom is 0.128 e. The minimum atomic E-state index is 0.625. The number of rotatable bonds is 3. The lowest BCUT2D eigenvalue weighted by Crippen LogP contribution is -2.39. The second kappa shape index (κ2) is 5.81. The van der Waals surface area contributed by atoms with E-state index in [0.717, 1.165) is 43.7 Å². The summed E-state index contributed by atoms with van der Waals surface area (Å²) < 4.78 is 5.39. The van der Waals surface area contributed by atoms with Crippen molar-refractivity contribution in [2.45, 2.75) is 18.9 Å². The lowest BCUT2D eigenvalue weighted by molar-refractivity contribution is 0.122. The maximum absolute atomic E-state index is 5.39. The quantitative estimate of drug-likeness (QED) is 0.911. The van der Waals surface area contributed by atoms with E-state index in [2.05, 4.69) is 32.2 Å². The number of piperidine rings is 1. The summed E-state index contributed by atoms with van der Waals surface area (Å²) in [5, 5.41) is 3.71. The van der Waals surface area contributed by atoms with Gasteiger partial charge in [-0.2, -0.15) is 0 Å². The van der Waals surface area contributed by atoms with E-state index in [4.69, 9.17) is 4.74 Å². The molecule has 1 aromatic rings. The lowest BCUT2D eigenvalue weighted by Gasteiger charge is -2.32. The Morgan fingerprint density at radius 3 is 2.76 bits per heavy atom. The van der Waals surface area contributed by atoms with Gasteiger partial charge < -0.3 is 19.9 Å². The molecule has 3 aliphatic rings. The first kappa shape index (κ1) is 13.3. The zero-order valence-corrected chi connectivity index (χ0v) is 12.5. The van der Waals surface area contributed by atoms with Crippen molar-refractivity contribution in [3.63, 3.8) is 0 Å². The van der Waals surface area contributed by atoms with Crippen LogP contribution in [0.1, 0.15) is 12.8 Å². The molecule has 4 heterocycles. The molecular formula is C16H24N4O. The second-order valence-corrected chi connectivity index (χ2v) is 6.39. The van der Waals surface area contributed by atoms with Crippen molar-refractivity contribution in [2.24, 2.45) is 5.92 Å². The summed E-state index contributed by atoms with van der Waals surface area (Å²) in [7, 11) is 0. The van der Waals surface area contributed by atoms with Crippen molar-refractivity contribution in [2.75, 3.05) is 56.2 Å². The molecule has 0 radical (unpaired) electrons. The molecule has 0 amide bonds. The van der Waals surface area contributed by atoms with Crippen LogP contribution < -0.4 is 10.2 Å². The Labute approximate surface area is 126 Å². The number of hydrogen-bond donors (Lipinski definition) is 1. The van der Waals surface area contributed by atoms with E-state index >= 15 is 0 Å². The zero-order valence-electron chi connectivity index (χ0n) is 12.5. The Morgan fingerprint density at radius 1 is 1.10 bits per heavy atom. The van der Waals surface area contributed by atoms with Crippen molar-refractivity contribution in [1.29, 1.82) is 0 Å². The molecule has 3 aliphatic heterocycles. The fourth-order valence-corrected chi connectivity index (χ4v) is 3.81. The van der Waals surface area contributed by atoms with Crippen LogP contribution in [-0.2, 0) is 4.74 Å². The van der Waals surface area contributed by atoms with Crippen LogP contribution in [0.5, 0.6) is 0 Å². The molecule has 3 atom stereocenters. The number of ether oxygens (including phenoxy) is 1. The Bertz CT molecular complexity index is 472. The third-order valence-corrected chi connectivity index (χ3v) is 5.07. The van der Waals surface area contributed by atoms with Gasteiger partial charge in [0.05, 0.1) is 25.1 Å². The molecule has 3 saturated heterocycles. The van der Waals surface area contributed by atoms with E-state index < -0.39 is 0 Å². The summed E-state index contributed by atoms with van der Waals surface area (Å²) in [5.74, 6) is 1.89. The molecular weight excluding hydrogens is 264 g/mol. The number of fused-ring (bicyclic) bond motifs is 2. The Balaban J connectivity index is 1.39. The number of nitrogens with zero attached hydrogens (tertiary/aromatic N) is 3. The largest absolute Gasteiger partial charge is 0.381 e. The van der Waals surface area contributed by atoms with Gasteiger partial charge in [-0.15, -0.1) is 0 Å². The molecule has 3 unspecified atom stereocenters. The zero-order chi connectivity index (χ0) is 14.1. The Hall–Kier alpha value is -1.33. The number of anilines is 2. The molecule has 5 heteroatoms. The van der Waals surface area contributed by atoms with Gasteiger partial charge in [0.15, 0.2) is 0 Å². The fraction of sp³-hybridized carbons (Fsp3) is 0.688. The van der Waals surface area contributed by atoms with Gasteiger partial charge in [0.2, 0.25) is 0 Å². The number of morpholine rings is 1. The van der Waals surface area contributed by atoms with E-state index in [0.29, 0.717) is 6.04 Å². The minimum absolute atomic E-state index is 0.625. The number of pyridine rings is 1. The highest BCUT2D eigenvalue weighted by atomic mass is 16.5. The van der Waals surface area contributed by atoms with Gasteiger partial charge in [0, 0.05) is 32.2 Å². The summed E-state index contributed by atoms with van der Waals surface area (Å²) in [6.45, 7) is 7.31. The van der Waals surface area contributed by atoms with E-state index in [1.165, 1.54) is 32.5 Å². The summed E-state index contributed by atoms with van der Waals surface area (Å²) >= 11 is 0. The summed E-state index contributed by atoms with van der Waals surface area (Å²) in [4.78, 5) is 9.51. The van der Waals surface area contributed by atoms with Crippen LogP contribution in [-0.4, -0.2) is 61.9 Å². The Kier molecular flexibility index (Phi) is 3.69. The van der Waals surface area contributed by atoms with Crippen LogP contribution in [0.25, 0.3) is 0 Å². The minimum Gasteiger partial charge on any atom is -0.381 e. The van der Waals surface area contributed by atoms with Crippen LogP contribution in [0, 0.1) is 5.92 Å². The predicted molar refractivity (Wildman–Crippen MR) is 83.8 cm³/mol. The van der Waals surface area contributed by atoms with Crippen LogP contribution in [0.15, 0.2) is 18.3 Å². The van der Waals surface area contributed by atoms with Crippen molar-refractivity contribution < 1.29 is 4.74 Å². The molecule has 0 aliphatic carbocycles. The molecule has 0 spiro atoms. The highest BCUT2D eigenvalue weighted by Crippen LogP contribution is 2.29. The van der Waals surface area contributed by atoms with Gasteiger partial charge in [0.25, 0.3) is 0 Å². The fourth-order valence-electron chi connectivity index (χ4n) is 3.81. The number of nitrogens with one attached hydrogen (secondary N) is 1. The SMILES string of the molecule is c1cc(N2CCOCC2)ncc1NC1CCN2CCC1C2. The van der Waals surface area contributed by atoms with Crippen LogP contribution in [0.4, 0.5) is 11.5 Å². The predicted octanol–water partition coefficient (Wildman–Crippen LogP) is 1.42. The molecule has 4 rings (SSSR count). The summed E-state index contributed by atoms with van der Waals surface area (Å²) in [5.41, 5.74) is 1.16. The van der Waals surface area contributed by atoms with Crippen LogP contribution in [0.3, 0.4) is 0 Å². The number of hydrogen-bond acceptors (Lipinski definition) is 5. The monoisotopic (exact) mass is 288 g/mol. The van der Waals surface area contributed by atoms with Crippen LogP contribution >= 0.6 is 0 Å². The average molecular weight is 288 g/mol. The van der Waals surface area contributed by atoms with E-state index in [-0.39, 0.29) is 0 Å². The van der Waals surface area contributed by atoms with E-state index in [1.807, 2.05) is 6.20 Å². The molecule has 114 valence electrons. The average Bonchev–Trinajstić information content (AvgIpc) is 2.94. The molecule has 0 saturated carbocycles. The van der Waals surface area contributed by atoms with Gasteiger partial charge in [-0.3, -0.25) is 0 Å². The van der Waals surface area contributed by atoms with Crippen molar-refractivity contribution in [1.82, 2.24) is 9.88 Å². The normalized spacial score (nSPS) is 32.2. The molecule has 1 N–H and O–H groups in total. The van der Waals surface area contributed by atoms with Crippen LogP contribution in [0.2, 0.25) is 0 Å². The molecule has 21 heavy (non-hydrogen) atoms. The van der Waals surface area contributed by atoms with Crippen molar-refractivity contribution in [3.8, 4) is 0 Å². The van der Waals surface area contributed by atoms with E-state index in [9.17, 15) is 0 Å². The van der Waals surface area contributed by atoms with Gasteiger partial charge in [-0.25, -0.2) is 4.98 Å². The molecule has 2 bridgehead atoms. The van der Waals surface area contributed by atoms with Gasteiger partial charge in [0.1, 0.15) is 5.82 Å². The summed E-state index contributed by atoms with van der Waals surface area (Å²) in [6.07, 6.45) is 4.60. The third-order valence-electron chi connectivity index (χ3n) is 5.07. The molecule has 3 fully saturated rings. The van der Waals surface area contributed by atoms with Gasteiger partial charge in [-0.05, 0) is 37.4 Å². The third kappa shape index (κ3) is 2.85. The topological polar surface area (TPSA) is 40.6 Å².